The van der Waals surface area contributed by atoms with Gasteiger partial charge in [0.15, 0.2) is 5.69 Å². The summed E-state index contributed by atoms with van der Waals surface area (Å²) in [6.07, 6.45) is 4.30. The molecule has 0 spiro atoms. The standard InChI is InChI=1S/C23H24N4O2/c1-16-9-5-8-14-20(16)24-25-22(28)21-18-12-6-7-13-19(18)23(29)27(26-21)15-17-10-3-2-4-11-17/h2-4,6-7,10-13,16H,5,8-9,14-15H2,1H3,(H,25,28)/b24-20-/t16-/m0/s1. The van der Waals surface area contributed by atoms with E-state index < -0.39 is 5.91 Å². The number of aromatic nitrogens is 2. The van der Waals surface area contributed by atoms with Crippen LogP contribution < -0.4 is 11.0 Å². The van der Waals surface area contributed by atoms with Crippen molar-refractivity contribution in [2.45, 2.75) is 39.2 Å². The fourth-order valence-electron chi connectivity index (χ4n) is 3.78. The Labute approximate surface area is 169 Å². The average molecular weight is 388 g/mol. The highest BCUT2D eigenvalue weighted by molar-refractivity contribution is 6.05. The Kier molecular flexibility index (Phi) is 5.51. The second-order valence-electron chi connectivity index (χ2n) is 7.53. The monoisotopic (exact) mass is 388 g/mol. The highest BCUT2D eigenvalue weighted by atomic mass is 16.2. The number of nitrogens with zero attached hydrogens (tertiary/aromatic N) is 3. The van der Waals surface area contributed by atoms with E-state index in [9.17, 15) is 9.59 Å². The van der Waals surface area contributed by atoms with Crippen molar-refractivity contribution < 1.29 is 4.79 Å². The molecule has 2 aromatic carbocycles. The van der Waals surface area contributed by atoms with Crippen LogP contribution in [0.3, 0.4) is 0 Å². The van der Waals surface area contributed by atoms with Crippen molar-refractivity contribution >= 4 is 22.4 Å². The molecule has 6 heteroatoms. The van der Waals surface area contributed by atoms with Crippen LogP contribution in [0, 0.1) is 5.92 Å². The number of benzene rings is 2. The molecule has 1 aliphatic carbocycles. The molecule has 1 heterocycles. The lowest BCUT2D eigenvalue weighted by molar-refractivity contribution is 0.0949. The molecule has 0 unspecified atom stereocenters. The van der Waals surface area contributed by atoms with Crippen LogP contribution in [0.15, 0.2) is 64.5 Å². The minimum atomic E-state index is -0.395. The maximum absolute atomic E-state index is 12.9. The summed E-state index contributed by atoms with van der Waals surface area (Å²) in [4.78, 5) is 25.8. The number of rotatable bonds is 4. The molecule has 1 aromatic heterocycles. The third-order valence-electron chi connectivity index (χ3n) is 5.45. The van der Waals surface area contributed by atoms with Crippen molar-refractivity contribution in [3.63, 3.8) is 0 Å². The van der Waals surface area contributed by atoms with Crippen LogP contribution in [0.2, 0.25) is 0 Å². The normalized spacial score (nSPS) is 18.1. The van der Waals surface area contributed by atoms with E-state index in [0.717, 1.165) is 30.5 Å². The van der Waals surface area contributed by atoms with E-state index in [-0.39, 0.29) is 11.3 Å². The number of hydrogen-bond acceptors (Lipinski definition) is 4. The summed E-state index contributed by atoms with van der Waals surface area (Å²) in [6.45, 7) is 2.44. The second kappa shape index (κ2) is 8.39. The molecule has 0 radical (unpaired) electrons. The van der Waals surface area contributed by atoms with Gasteiger partial charge in [0.25, 0.3) is 11.5 Å². The number of fused-ring (bicyclic) bond motifs is 1. The third-order valence-corrected chi connectivity index (χ3v) is 5.45. The SMILES string of the molecule is C[C@H]1CCCC/C1=N/NC(=O)c1nn(Cc2ccccc2)c(=O)c2ccccc12. The molecule has 3 aromatic rings. The van der Waals surface area contributed by atoms with Gasteiger partial charge in [0.2, 0.25) is 0 Å². The quantitative estimate of drug-likeness (QED) is 0.692. The Morgan fingerprint density at radius 1 is 1.10 bits per heavy atom. The Hall–Kier alpha value is -3.28. The van der Waals surface area contributed by atoms with E-state index in [0.29, 0.717) is 23.2 Å². The van der Waals surface area contributed by atoms with Crippen molar-refractivity contribution in [3.05, 3.63) is 76.2 Å². The first-order chi connectivity index (χ1) is 14.1. The molecule has 148 valence electrons. The van der Waals surface area contributed by atoms with Gasteiger partial charge in [0, 0.05) is 11.1 Å². The molecular formula is C23H24N4O2. The first-order valence-electron chi connectivity index (χ1n) is 10.0. The van der Waals surface area contributed by atoms with E-state index in [1.807, 2.05) is 30.3 Å². The molecule has 1 fully saturated rings. The Balaban J connectivity index is 1.71. The molecule has 6 nitrogen and oxygen atoms in total. The van der Waals surface area contributed by atoms with Crippen molar-refractivity contribution in [1.29, 1.82) is 0 Å². The fourth-order valence-corrected chi connectivity index (χ4v) is 3.78. The molecule has 0 saturated heterocycles. The predicted molar refractivity (Wildman–Crippen MR) is 114 cm³/mol. The van der Waals surface area contributed by atoms with E-state index >= 15 is 0 Å². The van der Waals surface area contributed by atoms with E-state index in [1.54, 1.807) is 24.3 Å². The summed E-state index contributed by atoms with van der Waals surface area (Å²) in [5.41, 5.74) is 4.63. The minimum absolute atomic E-state index is 0.212. The number of carbonyl (C=O) groups is 1. The van der Waals surface area contributed by atoms with Crippen molar-refractivity contribution in [3.8, 4) is 0 Å². The van der Waals surface area contributed by atoms with Crippen LogP contribution >= 0.6 is 0 Å². The predicted octanol–water partition coefficient (Wildman–Crippen LogP) is 3.74. The summed E-state index contributed by atoms with van der Waals surface area (Å²) < 4.78 is 1.35. The van der Waals surface area contributed by atoms with Crippen molar-refractivity contribution in [1.82, 2.24) is 15.2 Å². The van der Waals surface area contributed by atoms with Gasteiger partial charge in [-0.15, -0.1) is 0 Å². The van der Waals surface area contributed by atoms with Gasteiger partial charge in [-0.1, -0.05) is 61.9 Å². The van der Waals surface area contributed by atoms with Gasteiger partial charge < -0.3 is 0 Å². The molecule has 1 aliphatic rings. The number of carbonyl (C=O) groups excluding carboxylic acids is 1. The molecule has 1 atom stereocenters. The topological polar surface area (TPSA) is 76.3 Å². The highest BCUT2D eigenvalue weighted by Crippen LogP contribution is 2.21. The zero-order valence-electron chi connectivity index (χ0n) is 16.5. The van der Waals surface area contributed by atoms with Crippen LogP contribution in [0.25, 0.3) is 10.8 Å². The van der Waals surface area contributed by atoms with E-state index in [2.05, 4.69) is 22.5 Å². The summed E-state index contributed by atoms with van der Waals surface area (Å²) >= 11 is 0. The van der Waals surface area contributed by atoms with E-state index in [4.69, 9.17) is 0 Å². The molecule has 0 bridgehead atoms. The second-order valence-corrected chi connectivity index (χ2v) is 7.53. The fraction of sp³-hybridized carbons (Fsp3) is 0.304. The number of hydrogen-bond donors (Lipinski definition) is 1. The molecule has 0 aliphatic heterocycles. The first kappa shape index (κ1) is 19.1. The zero-order valence-corrected chi connectivity index (χ0v) is 16.5. The van der Waals surface area contributed by atoms with Gasteiger partial charge in [-0.25, -0.2) is 10.1 Å². The summed E-state index contributed by atoms with van der Waals surface area (Å²) in [5, 5.41) is 9.79. The molecular weight excluding hydrogens is 364 g/mol. The summed E-state index contributed by atoms with van der Waals surface area (Å²) in [7, 11) is 0. The largest absolute Gasteiger partial charge is 0.292 e. The zero-order chi connectivity index (χ0) is 20.2. The highest BCUT2D eigenvalue weighted by Gasteiger charge is 2.19. The van der Waals surface area contributed by atoms with Crippen molar-refractivity contribution in [2.75, 3.05) is 0 Å². The lowest BCUT2D eigenvalue weighted by atomic mass is 9.89. The van der Waals surface area contributed by atoms with Gasteiger partial charge >= 0.3 is 0 Å². The Morgan fingerprint density at radius 3 is 2.59 bits per heavy atom. The van der Waals surface area contributed by atoms with Crippen LogP contribution in [-0.4, -0.2) is 21.4 Å². The van der Waals surface area contributed by atoms with Gasteiger partial charge in [-0.2, -0.15) is 10.2 Å². The van der Waals surface area contributed by atoms with E-state index in [1.165, 1.54) is 11.1 Å². The maximum Gasteiger partial charge on any atom is 0.292 e. The molecule has 29 heavy (non-hydrogen) atoms. The van der Waals surface area contributed by atoms with Gasteiger partial charge in [-0.3, -0.25) is 9.59 Å². The van der Waals surface area contributed by atoms with Gasteiger partial charge in [0.1, 0.15) is 0 Å². The van der Waals surface area contributed by atoms with Crippen LogP contribution in [0.1, 0.15) is 48.7 Å². The number of hydrazone groups is 1. The number of amides is 1. The molecule has 1 saturated carbocycles. The first-order valence-corrected chi connectivity index (χ1v) is 10.0. The average Bonchev–Trinajstić information content (AvgIpc) is 2.76. The van der Waals surface area contributed by atoms with Crippen LogP contribution in [0.5, 0.6) is 0 Å². The van der Waals surface area contributed by atoms with Crippen molar-refractivity contribution in [2.24, 2.45) is 11.0 Å². The number of nitrogens with one attached hydrogen (secondary N) is 1. The minimum Gasteiger partial charge on any atom is -0.267 e. The Bertz CT molecular complexity index is 1120. The third kappa shape index (κ3) is 4.11. The smallest absolute Gasteiger partial charge is 0.267 e. The molecule has 4 rings (SSSR count). The van der Waals surface area contributed by atoms with Crippen LogP contribution in [-0.2, 0) is 6.54 Å². The van der Waals surface area contributed by atoms with Gasteiger partial charge in [-0.05, 0) is 36.8 Å². The lowest BCUT2D eigenvalue weighted by Crippen LogP contribution is -2.30. The summed E-state index contributed by atoms with van der Waals surface area (Å²) in [6, 6.07) is 16.7. The molecule has 1 amide bonds. The lowest BCUT2D eigenvalue weighted by Gasteiger charge is -2.19. The van der Waals surface area contributed by atoms with Crippen LogP contribution in [0.4, 0.5) is 0 Å². The Morgan fingerprint density at radius 2 is 1.83 bits per heavy atom. The molecule has 1 N–H and O–H groups in total. The maximum atomic E-state index is 12.9. The van der Waals surface area contributed by atoms with Gasteiger partial charge in [0.05, 0.1) is 11.9 Å². The summed E-state index contributed by atoms with van der Waals surface area (Å²) in [5.74, 6) is -0.0194.